The largest absolute Gasteiger partial charge is 0.444 e. The fraction of sp³-hybridized carbons (Fsp3) is 0.375. The summed E-state index contributed by atoms with van der Waals surface area (Å²) < 4.78 is 5.42. The number of thioether (sulfide) groups is 1. The Kier molecular flexibility index (Phi) is 5.49. The quantitative estimate of drug-likeness (QED) is 0.830. The van der Waals surface area contributed by atoms with Gasteiger partial charge in [0.1, 0.15) is 5.76 Å². The molecule has 0 unspecified atom stereocenters. The Hall–Kier alpha value is -1.95. The molecule has 0 radical (unpaired) electrons. The van der Waals surface area contributed by atoms with Gasteiger partial charge < -0.3 is 15.1 Å². The SMILES string of the molecule is CSc1cc(C)ccc1CNC(=O)NCc1nc(C)c(C)o1. The molecule has 118 valence electrons. The molecule has 0 saturated heterocycles. The summed E-state index contributed by atoms with van der Waals surface area (Å²) in [7, 11) is 0. The molecule has 1 aromatic heterocycles. The summed E-state index contributed by atoms with van der Waals surface area (Å²) in [6, 6.07) is 5.98. The number of nitrogens with zero attached hydrogens (tertiary/aromatic N) is 1. The van der Waals surface area contributed by atoms with Crippen LogP contribution in [-0.2, 0) is 13.1 Å². The van der Waals surface area contributed by atoms with E-state index < -0.39 is 0 Å². The number of rotatable bonds is 5. The van der Waals surface area contributed by atoms with E-state index in [9.17, 15) is 4.79 Å². The van der Waals surface area contributed by atoms with E-state index in [1.165, 1.54) is 10.5 Å². The van der Waals surface area contributed by atoms with Gasteiger partial charge in [0.05, 0.1) is 12.2 Å². The summed E-state index contributed by atoms with van der Waals surface area (Å²) in [5, 5.41) is 5.60. The van der Waals surface area contributed by atoms with Crippen LogP contribution in [0, 0.1) is 20.8 Å². The molecule has 6 heteroatoms. The van der Waals surface area contributed by atoms with Crippen LogP contribution in [-0.4, -0.2) is 17.3 Å². The Balaban J connectivity index is 1.85. The molecule has 1 aromatic carbocycles. The van der Waals surface area contributed by atoms with Crippen LogP contribution < -0.4 is 10.6 Å². The lowest BCUT2D eigenvalue weighted by Crippen LogP contribution is -2.34. The van der Waals surface area contributed by atoms with E-state index in [1.807, 2.05) is 32.2 Å². The normalized spacial score (nSPS) is 10.5. The first-order valence-electron chi connectivity index (χ1n) is 7.07. The third-order valence-electron chi connectivity index (χ3n) is 3.35. The number of amides is 2. The average molecular weight is 319 g/mol. The summed E-state index contributed by atoms with van der Waals surface area (Å²) >= 11 is 1.68. The molecule has 2 rings (SSSR count). The molecule has 2 N–H and O–H groups in total. The summed E-state index contributed by atoms with van der Waals surface area (Å²) in [5.41, 5.74) is 3.17. The minimum absolute atomic E-state index is 0.235. The van der Waals surface area contributed by atoms with Crippen molar-refractivity contribution >= 4 is 17.8 Å². The van der Waals surface area contributed by atoms with Gasteiger partial charge in [0, 0.05) is 11.4 Å². The van der Waals surface area contributed by atoms with Crippen molar-refractivity contribution in [3.8, 4) is 0 Å². The number of carbonyl (C=O) groups is 1. The molecule has 0 saturated carbocycles. The van der Waals surface area contributed by atoms with Crippen molar-refractivity contribution in [1.82, 2.24) is 15.6 Å². The second-order valence-electron chi connectivity index (χ2n) is 5.10. The minimum Gasteiger partial charge on any atom is -0.444 e. The number of aryl methyl sites for hydroxylation is 3. The molecule has 0 aliphatic carbocycles. The van der Waals surface area contributed by atoms with Gasteiger partial charge in [0.2, 0.25) is 5.89 Å². The molecule has 2 aromatic rings. The monoisotopic (exact) mass is 319 g/mol. The van der Waals surface area contributed by atoms with Gasteiger partial charge in [-0.25, -0.2) is 9.78 Å². The van der Waals surface area contributed by atoms with Crippen LogP contribution in [0.5, 0.6) is 0 Å². The van der Waals surface area contributed by atoms with Crippen LogP contribution in [0.1, 0.15) is 28.5 Å². The van der Waals surface area contributed by atoms with Gasteiger partial charge in [-0.15, -0.1) is 11.8 Å². The third kappa shape index (κ3) is 4.27. The Labute approximate surface area is 134 Å². The molecule has 0 bridgehead atoms. The molecule has 0 atom stereocenters. The van der Waals surface area contributed by atoms with Crippen LogP contribution in [0.3, 0.4) is 0 Å². The minimum atomic E-state index is -0.235. The molecular formula is C16H21N3O2S. The summed E-state index contributed by atoms with van der Waals surface area (Å²) in [5.74, 6) is 1.30. The van der Waals surface area contributed by atoms with E-state index >= 15 is 0 Å². The Bertz CT molecular complexity index is 648. The standard InChI is InChI=1S/C16H21N3O2S/c1-10-5-6-13(14(7-10)22-4)8-17-16(20)18-9-15-19-11(2)12(3)21-15/h5-7H,8-9H2,1-4H3,(H2,17,18,20). The van der Waals surface area contributed by atoms with Gasteiger partial charge >= 0.3 is 6.03 Å². The summed E-state index contributed by atoms with van der Waals surface area (Å²) in [4.78, 5) is 17.3. The lowest BCUT2D eigenvalue weighted by atomic mass is 10.1. The lowest BCUT2D eigenvalue weighted by molar-refractivity contribution is 0.238. The van der Waals surface area contributed by atoms with Crippen LogP contribution in [0.15, 0.2) is 27.5 Å². The number of benzene rings is 1. The first kappa shape index (κ1) is 16.4. The molecule has 5 nitrogen and oxygen atoms in total. The molecule has 0 aliphatic rings. The van der Waals surface area contributed by atoms with Crippen LogP contribution in [0.25, 0.3) is 0 Å². The van der Waals surface area contributed by atoms with Gasteiger partial charge in [0.25, 0.3) is 0 Å². The Morgan fingerprint density at radius 1 is 1.23 bits per heavy atom. The van der Waals surface area contributed by atoms with Gasteiger partial charge in [-0.2, -0.15) is 0 Å². The molecule has 0 aliphatic heterocycles. The van der Waals surface area contributed by atoms with Crippen molar-refractivity contribution in [1.29, 1.82) is 0 Å². The van der Waals surface area contributed by atoms with Crippen molar-refractivity contribution in [2.24, 2.45) is 0 Å². The van der Waals surface area contributed by atoms with Crippen molar-refractivity contribution in [2.45, 2.75) is 38.8 Å². The highest BCUT2D eigenvalue weighted by atomic mass is 32.2. The average Bonchev–Trinajstić information content (AvgIpc) is 2.82. The predicted octanol–water partition coefficient (Wildman–Crippen LogP) is 3.32. The smallest absolute Gasteiger partial charge is 0.315 e. The number of aromatic nitrogens is 1. The Morgan fingerprint density at radius 2 is 1.95 bits per heavy atom. The number of hydrogen-bond donors (Lipinski definition) is 2. The van der Waals surface area contributed by atoms with Gasteiger partial charge in [-0.05, 0) is 44.2 Å². The van der Waals surface area contributed by atoms with Gasteiger partial charge in [-0.3, -0.25) is 0 Å². The number of urea groups is 1. The molecular weight excluding hydrogens is 298 g/mol. The maximum atomic E-state index is 11.8. The van der Waals surface area contributed by atoms with Gasteiger partial charge in [-0.1, -0.05) is 12.1 Å². The maximum absolute atomic E-state index is 11.8. The highest BCUT2D eigenvalue weighted by Gasteiger charge is 2.08. The van der Waals surface area contributed by atoms with E-state index in [0.29, 0.717) is 12.4 Å². The fourth-order valence-electron chi connectivity index (χ4n) is 2.01. The third-order valence-corrected chi connectivity index (χ3v) is 4.17. The first-order chi connectivity index (χ1) is 10.5. The second kappa shape index (κ2) is 7.35. The van der Waals surface area contributed by atoms with E-state index in [4.69, 9.17) is 4.42 Å². The van der Waals surface area contributed by atoms with Crippen LogP contribution >= 0.6 is 11.8 Å². The zero-order valence-corrected chi connectivity index (χ0v) is 14.1. The van der Waals surface area contributed by atoms with E-state index in [-0.39, 0.29) is 12.6 Å². The second-order valence-corrected chi connectivity index (χ2v) is 5.95. The van der Waals surface area contributed by atoms with E-state index in [0.717, 1.165) is 17.0 Å². The van der Waals surface area contributed by atoms with E-state index in [1.54, 1.807) is 11.8 Å². The first-order valence-corrected chi connectivity index (χ1v) is 8.30. The zero-order chi connectivity index (χ0) is 16.1. The summed E-state index contributed by atoms with van der Waals surface area (Å²) in [6.45, 7) is 6.57. The maximum Gasteiger partial charge on any atom is 0.315 e. The highest BCUT2D eigenvalue weighted by molar-refractivity contribution is 7.98. The lowest BCUT2D eigenvalue weighted by Gasteiger charge is -2.10. The van der Waals surface area contributed by atoms with E-state index in [2.05, 4.69) is 28.6 Å². The number of hydrogen-bond acceptors (Lipinski definition) is 4. The van der Waals surface area contributed by atoms with Crippen molar-refractivity contribution in [2.75, 3.05) is 6.26 Å². The van der Waals surface area contributed by atoms with Gasteiger partial charge in [0.15, 0.2) is 0 Å². The predicted molar refractivity (Wildman–Crippen MR) is 88.0 cm³/mol. The van der Waals surface area contributed by atoms with Crippen molar-refractivity contribution in [3.05, 3.63) is 46.7 Å². The van der Waals surface area contributed by atoms with Crippen molar-refractivity contribution in [3.63, 3.8) is 0 Å². The highest BCUT2D eigenvalue weighted by Crippen LogP contribution is 2.21. The molecule has 2 amide bonds. The number of carbonyl (C=O) groups excluding carboxylic acids is 1. The van der Waals surface area contributed by atoms with Crippen LogP contribution in [0.4, 0.5) is 4.79 Å². The summed E-state index contributed by atoms with van der Waals surface area (Å²) in [6.07, 6.45) is 2.03. The number of oxazole rings is 1. The van der Waals surface area contributed by atoms with Crippen molar-refractivity contribution < 1.29 is 9.21 Å². The molecule has 22 heavy (non-hydrogen) atoms. The Morgan fingerprint density at radius 3 is 2.59 bits per heavy atom. The topological polar surface area (TPSA) is 67.2 Å². The van der Waals surface area contributed by atoms with Crippen LogP contribution in [0.2, 0.25) is 0 Å². The number of nitrogens with one attached hydrogen (secondary N) is 2. The zero-order valence-electron chi connectivity index (χ0n) is 13.3. The molecule has 1 heterocycles. The molecule has 0 spiro atoms. The molecule has 0 fully saturated rings. The fourth-order valence-corrected chi connectivity index (χ4v) is 2.71.